The average Bonchev–Trinajstić information content (AvgIpc) is 2.71. The Labute approximate surface area is 124 Å². The van der Waals surface area contributed by atoms with Crippen molar-refractivity contribution in [1.29, 1.82) is 0 Å². The molecule has 21 heavy (non-hydrogen) atoms. The third-order valence-electron chi connectivity index (χ3n) is 3.70. The van der Waals surface area contributed by atoms with E-state index in [0.717, 1.165) is 18.5 Å². The van der Waals surface area contributed by atoms with E-state index in [1.807, 2.05) is 35.2 Å². The Morgan fingerprint density at radius 3 is 2.48 bits per heavy atom. The van der Waals surface area contributed by atoms with Crippen molar-refractivity contribution >= 4 is 11.8 Å². The maximum absolute atomic E-state index is 12.5. The standard InChI is InChI=1S/C15H22N4O2/c16-13(20)11-18-7-4-8-19(10-9-18)15(21)14(17)12-5-2-1-3-6-12/h1-3,5-6,14H,4,7-11,17H2,(H2,16,20)/t14-/m0/s1. The van der Waals surface area contributed by atoms with Crippen LogP contribution in [0.25, 0.3) is 0 Å². The van der Waals surface area contributed by atoms with Crippen molar-refractivity contribution in [1.82, 2.24) is 9.80 Å². The number of rotatable bonds is 4. The van der Waals surface area contributed by atoms with Gasteiger partial charge in [-0.15, -0.1) is 0 Å². The molecule has 0 spiro atoms. The molecule has 114 valence electrons. The van der Waals surface area contributed by atoms with Gasteiger partial charge in [0.15, 0.2) is 0 Å². The normalized spacial score (nSPS) is 18.0. The molecule has 4 N–H and O–H groups in total. The van der Waals surface area contributed by atoms with Gasteiger partial charge in [0.05, 0.1) is 6.54 Å². The number of carbonyl (C=O) groups is 2. The van der Waals surface area contributed by atoms with E-state index in [9.17, 15) is 9.59 Å². The highest BCUT2D eigenvalue weighted by Crippen LogP contribution is 2.14. The number of primary amides is 1. The van der Waals surface area contributed by atoms with Gasteiger partial charge < -0.3 is 16.4 Å². The fourth-order valence-corrected chi connectivity index (χ4v) is 2.57. The van der Waals surface area contributed by atoms with Crippen molar-refractivity contribution in [3.8, 4) is 0 Å². The molecule has 0 saturated carbocycles. The zero-order valence-corrected chi connectivity index (χ0v) is 12.1. The smallest absolute Gasteiger partial charge is 0.244 e. The lowest BCUT2D eigenvalue weighted by Gasteiger charge is -2.24. The molecule has 0 bridgehead atoms. The number of benzene rings is 1. The van der Waals surface area contributed by atoms with E-state index in [1.54, 1.807) is 4.90 Å². The van der Waals surface area contributed by atoms with Crippen molar-refractivity contribution in [2.75, 3.05) is 32.7 Å². The van der Waals surface area contributed by atoms with Crippen LogP contribution in [0.5, 0.6) is 0 Å². The lowest BCUT2D eigenvalue weighted by atomic mass is 10.1. The first-order chi connectivity index (χ1) is 10.1. The number of hydrogen-bond acceptors (Lipinski definition) is 4. The summed E-state index contributed by atoms with van der Waals surface area (Å²) < 4.78 is 0. The predicted octanol–water partition coefficient (Wildman–Crippen LogP) is -0.294. The Bertz CT molecular complexity index is 492. The van der Waals surface area contributed by atoms with Crippen molar-refractivity contribution in [2.24, 2.45) is 11.5 Å². The van der Waals surface area contributed by atoms with E-state index in [2.05, 4.69) is 0 Å². The minimum Gasteiger partial charge on any atom is -0.369 e. The highest BCUT2D eigenvalue weighted by Gasteiger charge is 2.24. The van der Waals surface area contributed by atoms with Crippen molar-refractivity contribution in [3.05, 3.63) is 35.9 Å². The van der Waals surface area contributed by atoms with Crippen LogP contribution in [0.3, 0.4) is 0 Å². The maximum Gasteiger partial charge on any atom is 0.244 e. The molecule has 6 nitrogen and oxygen atoms in total. The molecule has 1 aliphatic rings. The highest BCUT2D eigenvalue weighted by molar-refractivity contribution is 5.83. The van der Waals surface area contributed by atoms with Gasteiger partial charge in [0, 0.05) is 26.2 Å². The Hall–Kier alpha value is -1.92. The average molecular weight is 290 g/mol. The maximum atomic E-state index is 12.5. The molecule has 2 rings (SSSR count). The largest absolute Gasteiger partial charge is 0.369 e. The second-order valence-electron chi connectivity index (χ2n) is 5.31. The molecule has 2 amide bonds. The van der Waals surface area contributed by atoms with Crippen LogP contribution in [0.4, 0.5) is 0 Å². The fraction of sp³-hybridized carbons (Fsp3) is 0.467. The Kier molecular flexibility index (Phi) is 5.30. The van der Waals surface area contributed by atoms with Crippen LogP contribution in [-0.4, -0.2) is 54.3 Å². The SMILES string of the molecule is NC(=O)CN1CCCN(C(=O)[C@@H](N)c2ccccc2)CC1. The van der Waals surface area contributed by atoms with E-state index in [0.29, 0.717) is 19.6 Å². The number of nitrogens with zero attached hydrogens (tertiary/aromatic N) is 2. The lowest BCUT2D eigenvalue weighted by Crippen LogP contribution is -2.41. The molecular formula is C15H22N4O2. The molecule has 1 atom stereocenters. The quantitative estimate of drug-likeness (QED) is 0.796. The van der Waals surface area contributed by atoms with Gasteiger partial charge in [-0.2, -0.15) is 0 Å². The minimum absolute atomic E-state index is 0.0675. The molecule has 1 aromatic carbocycles. The summed E-state index contributed by atoms with van der Waals surface area (Å²) in [5, 5.41) is 0. The first kappa shape index (κ1) is 15.5. The van der Waals surface area contributed by atoms with Crippen LogP contribution in [0.1, 0.15) is 18.0 Å². The summed E-state index contributed by atoms with van der Waals surface area (Å²) >= 11 is 0. The van der Waals surface area contributed by atoms with Gasteiger partial charge in [0.25, 0.3) is 0 Å². The van der Waals surface area contributed by atoms with Crippen LogP contribution in [0.15, 0.2) is 30.3 Å². The molecule has 0 radical (unpaired) electrons. The number of hydrogen-bond donors (Lipinski definition) is 2. The number of carbonyl (C=O) groups excluding carboxylic acids is 2. The molecule has 1 aromatic rings. The van der Waals surface area contributed by atoms with E-state index in [-0.39, 0.29) is 18.4 Å². The molecule has 1 saturated heterocycles. The molecule has 6 heteroatoms. The third-order valence-corrected chi connectivity index (χ3v) is 3.70. The summed E-state index contributed by atoms with van der Waals surface area (Å²) in [5.41, 5.74) is 12.1. The molecule has 1 heterocycles. The minimum atomic E-state index is -0.631. The summed E-state index contributed by atoms with van der Waals surface area (Å²) in [6.07, 6.45) is 0.820. The van der Waals surface area contributed by atoms with Gasteiger partial charge in [-0.05, 0) is 12.0 Å². The van der Waals surface area contributed by atoms with Crippen molar-refractivity contribution in [3.63, 3.8) is 0 Å². The zero-order valence-electron chi connectivity index (χ0n) is 12.1. The molecular weight excluding hydrogens is 268 g/mol. The van der Waals surface area contributed by atoms with Crippen LogP contribution in [0, 0.1) is 0 Å². The Morgan fingerprint density at radius 1 is 1.10 bits per heavy atom. The van der Waals surface area contributed by atoms with E-state index >= 15 is 0 Å². The van der Waals surface area contributed by atoms with E-state index < -0.39 is 6.04 Å². The zero-order chi connectivity index (χ0) is 15.2. The second kappa shape index (κ2) is 7.19. The predicted molar refractivity (Wildman–Crippen MR) is 80.2 cm³/mol. The summed E-state index contributed by atoms with van der Waals surface area (Å²) in [6.45, 7) is 2.90. The molecule has 0 aliphatic carbocycles. The Balaban J connectivity index is 1.95. The summed E-state index contributed by atoms with van der Waals surface area (Å²) in [5.74, 6) is -0.405. The van der Waals surface area contributed by atoms with Gasteiger partial charge in [-0.25, -0.2) is 0 Å². The molecule has 0 aromatic heterocycles. The van der Waals surface area contributed by atoms with Crippen molar-refractivity contribution < 1.29 is 9.59 Å². The van der Waals surface area contributed by atoms with E-state index in [1.165, 1.54) is 0 Å². The summed E-state index contributed by atoms with van der Waals surface area (Å²) in [4.78, 5) is 27.2. The molecule has 1 aliphatic heterocycles. The second-order valence-corrected chi connectivity index (χ2v) is 5.31. The highest BCUT2D eigenvalue weighted by atomic mass is 16.2. The lowest BCUT2D eigenvalue weighted by molar-refractivity contribution is -0.132. The van der Waals surface area contributed by atoms with Crippen LogP contribution < -0.4 is 11.5 Å². The third kappa shape index (κ3) is 4.27. The molecule has 0 unspecified atom stereocenters. The van der Waals surface area contributed by atoms with Gasteiger partial charge >= 0.3 is 0 Å². The van der Waals surface area contributed by atoms with E-state index in [4.69, 9.17) is 11.5 Å². The van der Waals surface area contributed by atoms with Crippen molar-refractivity contribution in [2.45, 2.75) is 12.5 Å². The van der Waals surface area contributed by atoms with Crippen LogP contribution in [0.2, 0.25) is 0 Å². The first-order valence-electron chi connectivity index (χ1n) is 7.18. The molecule has 1 fully saturated rings. The number of amides is 2. The van der Waals surface area contributed by atoms with Gasteiger partial charge in [0.2, 0.25) is 11.8 Å². The first-order valence-corrected chi connectivity index (χ1v) is 7.18. The van der Waals surface area contributed by atoms with Gasteiger partial charge in [-0.3, -0.25) is 14.5 Å². The van der Waals surface area contributed by atoms with Gasteiger partial charge in [0.1, 0.15) is 6.04 Å². The topological polar surface area (TPSA) is 92.7 Å². The Morgan fingerprint density at radius 2 is 1.81 bits per heavy atom. The van der Waals surface area contributed by atoms with Crippen LogP contribution >= 0.6 is 0 Å². The summed E-state index contributed by atoms with van der Waals surface area (Å²) in [6, 6.07) is 8.74. The fourth-order valence-electron chi connectivity index (χ4n) is 2.57. The van der Waals surface area contributed by atoms with Crippen LogP contribution in [-0.2, 0) is 9.59 Å². The monoisotopic (exact) mass is 290 g/mol. The number of nitrogens with two attached hydrogens (primary N) is 2. The van der Waals surface area contributed by atoms with Gasteiger partial charge in [-0.1, -0.05) is 30.3 Å². The summed E-state index contributed by atoms with van der Waals surface area (Å²) in [7, 11) is 0.